The second-order valence-corrected chi connectivity index (χ2v) is 8.86. The number of likely N-dealkylation sites (N-methyl/N-ethyl adjacent to an activating group) is 1. The van der Waals surface area contributed by atoms with E-state index >= 15 is 0 Å². The Labute approximate surface area is 211 Å². The highest BCUT2D eigenvalue weighted by Gasteiger charge is 2.31. The smallest absolute Gasteiger partial charge is 0.302 e. The van der Waals surface area contributed by atoms with Crippen molar-refractivity contribution in [1.82, 2.24) is 34.5 Å². The number of benzene rings is 1. The molecular formula is C24H27N9O4. The first-order valence-electron chi connectivity index (χ1n) is 11.9. The molecule has 3 aromatic heterocycles. The number of anilines is 2. The van der Waals surface area contributed by atoms with Crippen LogP contribution in [0.3, 0.4) is 0 Å². The van der Waals surface area contributed by atoms with Crippen LogP contribution in [0.15, 0.2) is 41.1 Å². The van der Waals surface area contributed by atoms with Gasteiger partial charge in [-0.2, -0.15) is 10.1 Å². The fourth-order valence-corrected chi connectivity index (χ4v) is 4.24. The van der Waals surface area contributed by atoms with Gasteiger partial charge in [0.05, 0.1) is 11.4 Å². The third-order valence-electron chi connectivity index (χ3n) is 6.36. The minimum Gasteiger partial charge on any atom is -0.508 e. The average molecular weight is 506 g/mol. The fourth-order valence-electron chi connectivity index (χ4n) is 4.24. The quantitative estimate of drug-likeness (QED) is 0.315. The van der Waals surface area contributed by atoms with E-state index in [0.717, 1.165) is 6.54 Å². The number of nitrogens with one attached hydrogen (secondary N) is 1. The van der Waals surface area contributed by atoms with Gasteiger partial charge >= 0.3 is 6.01 Å². The Morgan fingerprint density at radius 2 is 2.19 bits per heavy atom. The molecule has 4 N–H and O–H groups in total. The Morgan fingerprint density at radius 1 is 1.35 bits per heavy atom. The van der Waals surface area contributed by atoms with Crippen molar-refractivity contribution in [3.8, 4) is 5.75 Å². The topological polar surface area (TPSA) is 169 Å². The number of aromatic nitrogens is 5. The number of hydrogen-bond acceptors (Lipinski definition) is 10. The van der Waals surface area contributed by atoms with Gasteiger partial charge in [-0.15, -0.1) is 0 Å². The second-order valence-electron chi connectivity index (χ2n) is 8.86. The number of amides is 2. The Morgan fingerprint density at radius 3 is 3.00 bits per heavy atom. The van der Waals surface area contributed by atoms with Crippen molar-refractivity contribution < 1.29 is 19.1 Å². The number of hydrogen-bond donors (Lipinski definition) is 3. The SMILES string of the molecule is CCN(C)C/C=C/C(=O)N1CC[C@@H](n2nc(C(=O)Nc3nc4cc(O)ccc4o3)c3c(N)ncnc32)C1. The number of likely N-dealkylation sites (tertiary alicyclic amines) is 1. The number of phenols is 1. The van der Waals surface area contributed by atoms with Crippen LogP contribution in [0, 0.1) is 0 Å². The molecule has 0 bridgehead atoms. The summed E-state index contributed by atoms with van der Waals surface area (Å²) in [4.78, 5) is 42.3. The molecule has 37 heavy (non-hydrogen) atoms. The Balaban J connectivity index is 1.38. The molecule has 0 radical (unpaired) electrons. The first kappa shape index (κ1) is 24.2. The molecule has 13 heteroatoms. The highest BCUT2D eigenvalue weighted by molar-refractivity contribution is 6.12. The van der Waals surface area contributed by atoms with Crippen molar-refractivity contribution >= 4 is 45.8 Å². The maximum absolute atomic E-state index is 13.2. The molecule has 1 aromatic carbocycles. The number of rotatable bonds is 7. The number of nitrogens with zero attached hydrogens (tertiary/aromatic N) is 7. The highest BCUT2D eigenvalue weighted by atomic mass is 16.4. The molecule has 1 atom stereocenters. The maximum Gasteiger partial charge on any atom is 0.302 e. The molecule has 1 fully saturated rings. The fraction of sp³-hybridized carbons (Fsp3) is 0.333. The van der Waals surface area contributed by atoms with Crippen LogP contribution >= 0.6 is 0 Å². The normalized spacial score (nSPS) is 16.0. The molecule has 1 aliphatic rings. The molecular weight excluding hydrogens is 478 g/mol. The van der Waals surface area contributed by atoms with Crippen LogP contribution in [0.2, 0.25) is 0 Å². The summed E-state index contributed by atoms with van der Waals surface area (Å²) in [6.45, 7) is 4.62. The minimum atomic E-state index is -0.602. The molecule has 4 aromatic rings. The number of carbonyl (C=O) groups is 2. The Kier molecular flexibility index (Phi) is 6.44. The summed E-state index contributed by atoms with van der Waals surface area (Å²) >= 11 is 0. The number of aromatic hydroxyl groups is 1. The van der Waals surface area contributed by atoms with Crippen LogP contribution < -0.4 is 11.1 Å². The van der Waals surface area contributed by atoms with Gasteiger partial charge in [0.1, 0.15) is 23.4 Å². The van der Waals surface area contributed by atoms with Gasteiger partial charge in [0, 0.05) is 31.8 Å². The monoisotopic (exact) mass is 505 g/mol. The molecule has 0 aliphatic carbocycles. The lowest BCUT2D eigenvalue weighted by Gasteiger charge is -2.15. The second kappa shape index (κ2) is 9.85. The van der Waals surface area contributed by atoms with Gasteiger partial charge in [-0.3, -0.25) is 14.9 Å². The number of carbonyl (C=O) groups excluding carboxylic acids is 2. The van der Waals surface area contributed by atoms with E-state index in [2.05, 4.69) is 37.2 Å². The van der Waals surface area contributed by atoms with Gasteiger partial charge in [-0.05, 0) is 32.1 Å². The summed E-state index contributed by atoms with van der Waals surface area (Å²) in [6.07, 6.45) is 5.40. The third-order valence-corrected chi connectivity index (χ3v) is 6.36. The molecule has 2 amide bonds. The van der Waals surface area contributed by atoms with Crippen LogP contribution in [0.5, 0.6) is 5.75 Å². The number of nitrogen functional groups attached to an aromatic ring is 1. The van der Waals surface area contributed by atoms with Gasteiger partial charge < -0.3 is 25.1 Å². The standard InChI is InChI=1S/C24H27N9O4/c1-3-31(2)9-4-5-18(35)32-10-8-14(12-32)33-22-19(21(25)26-13-27-22)20(30-33)23(36)29-24-28-16-11-15(34)6-7-17(16)37-24/h4-7,11,13-14,34H,3,8-10,12H2,1-2H3,(H2,25,26,27)(H,28,29,36)/b5-4+/t14-/m1/s1. The van der Waals surface area contributed by atoms with Crippen molar-refractivity contribution in [3.05, 3.63) is 42.4 Å². The first-order valence-corrected chi connectivity index (χ1v) is 11.9. The van der Waals surface area contributed by atoms with E-state index < -0.39 is 5.91 Å². The number of oxazole rings is 1. The van der Waals surface area contributed by atoms with Crippen molar-refractivity contribution in [1.29, 1.82) is 0 Å². The summed E-state index contributed by atoms with van der Waals surface area (Å²) in [5.41, 5.74) is 7.33. The van der Waals surface area contributed by atoms with Gasteiger partial charge in [0.2, 0.25) is 5.91 Å². The van der Waals surface area contributed by atoms with Crippen LogP contribution in [0.25, 0.3) is 22.1 Å². The molecule has 0 saturated carbocycles. The zero-order chi connectivity index (χ0) is 26.1. The zero-order valence-corrected chi connectivity index (χ0v) is 20.5. The maximum atomic E-state index is 13.2. The van der Waals surface area contributed by atoms with Crippen molar-refractivity contribution in [2.24, 2.45) is 0 Å². The summed E-state index contributed by atoms with van der Waals surface area (Å²) in [7, 11) is 1.99. The molecule has 0 spiro atoms. The largest absolute Gasteiger partial charge is 0.508 e. The third kappa shape index (κ3) is 4.80. The van der Waals surface area contributed by atoms with Gasteiger partial charge in [-0.1, -0.05) is 13.0 Å². The minimum absolute atomic E-state index is 0.0190. The van der Waals surface area contributed by atoms with E-state index in [0.29, 0.717) is 48.2 Å². The lowest BCUT2D eigenvalue weighted by atomic mass is 10.2. The zero-order valence-electron chi connectivity index (χ0n) is 20.5. The van der Waals surface area contributed by atoms with Crippen molar-refractivity contribution in [3.63, 3.8) is 0 Å². The van der Waals surface area contributed by atoms with Crippen molar-refractivity contribution in [2.75, 3.05) is 44.3 Å². The molecule has 4 heterocycles. The number of fused-ring (bicyclic) bond motifs is 2. The average Bonchev–Trinajstić information content (AvgIpc) is 3.60. The van der Waals surface area contributed by atoms with Crippen LogP contribution in [0.4, 0.5) is 11.8 Å². The molecule has 1 saturated heterocycles. The Hall–Kier alpha value is -4.52. The molecule has 1 aliphatic heterocycles. The predicted octanol–water partition coefficient (Wildman–Crippen LogP) is 1.79. The van der Waals surface area contributed by atoms with E-state index in [1.807, 2.05) is 13.1 Å². The summed E-state index contributed by atoms with van der Waals surface area (Å²) < 4.78 is 7.19. The lowest BCUT2D eigenvalue weighted by molar-refractivity contribution is -0.125. The van der Waals surface area contributed by atoms with Crippen LogP contribution in [0.1, 0.15) is 29.9 Å². The molecule has 13 nitrogen and oxygen atoms in total. The Bertz CT molecular complexity index is 1510. The van der Waals surface area contributed by atoms with E-state index in [-0.39, 0.29) is 35.2 Å². The summed E-state index contributed by atoms with van der Waals surface area (Å²) in [5.74, 6) is -0.536. The lowest BCUT2D eigenvalue weighted by Crippen LogP contribution is -2.28. The van der Waals surface area contributed by atoms with Crippen molar-refractivity contribution in [2.45, 2.75) is 19.4 Å². The van der Waals surface area contributed by atoms with Gasteiger partial charge in [0.15, 0.2) is 16.9 Å². The van der Waals surface area contributed by atoms with Crippen LogP contribution in [-0.2, 0) is 4.79 Å². The number of nitrogens with two attached hydrogens (primary N) is 1. The van der Waals surface area contributed by atoms with E-state index in [1.54, 1.807) is 21.7 Å². The highest BCUT2D eigenvalue weighted by Crippen LogP contribution is 2.30. The molecule has 0 unspecified atom stereocenters. The predicted molar refractivity (Wildman–Crippen MR) is 136 cm³/mol. The molecule has 5 rings (SSSR count). The van der Waals surface area contributed by atoms with Gasteiger partial charge in [0.25, 0.3) is 5.91 Å². The van der Waals surface area contributed by atoms with E-state index in [9.17, 15) is 14.7 Å². The number of phenolic OH excluding ortho intramolecular Hbond substituents is 1. The van der Waals surface area contributed by atoms with E-state index in [4.69, 9.17) is 10.2 Å². The van der Waals surface area contributed by atoms with Crippen LogP contribution in [-0.4, -0.2) is 84.7 Å². The summed E-state index contributed by atoms with van der Waals surface area (Å²) in [6, 6.07) is 4.19. The van der Waals surface area contributed by atoms with Gasteiger partial charge in [-0.25, -0.2) is 14.6 Å². The summed E-state index contributed by atoms with van der Waals surface area (Å²) in [5, 5.41) is 17.1. The molecule has 192 valence electrons. The van der Waals surface area contributed by atoms with E-state index in [1.165, 1.54) is 18.5 Å². The first-order chi connectivity index (χ1) is 17.8.